The van der Waals surface area contributed by atoms with Crippen LogP contribution in [0.25, 0.3) is 0 Å². The van der Waals surface area contributed by atoms with E-state index >= 15 is 0 Å². The van der Waals surface area contributed by atoms with Crippen molar-refractivity contribution >= 4 is 16.4 Å². The Labute approximate surface area is 69.9 Å². The van der Waals surface area contributed by atoms with E-state index in [1.165, 1.54) is 0 Å². The van der Waals surface area contributed by atoms with Crippen molar-refractivity contribution in [2.45, 2.75) is 0 Å². The highest BCUT2D eigenvalue weighted by Gasteiger charge is 1.57. The average molecular weight is 186 g/mol. The van der Waals surface area contributed by atoms with Gasteiger partial charge in [-0.25, -0.2) is 0 Å². The van der Waals surface area contributed by atoms with Crippen molar-refractivity contribution in [3.63, 3.8) is 0 Å². The third-order valence-corrected chi connectivity index (χ3v) is 2.53. The van der Waals surface area contributed by atoms with Gasteiger partial charge in [-0.15, -0.1) is 16.4 Å². The van der Waals surface area contributed by atoms with Crippen molar-refractivity contribution in [3.05, 3.63) is 47.5 Å². The molecule has 0 amide bonds. The van der Waals surface area contributed by atoms with Crippen LogP contribution in [0, 0.1) is 0 Å². The van der Waals surface area contributed by atoms with Crippen molar-refractivity contribution in [2.24, 2.45) is 0 Å². The minimum atomic E-state index is 0. The van der Waals surface area contributed by atoms with Gasteiger partial charge in [0.25, 0.3) is 0 Å². The minimum absolute atomic E-state index is 0. The molecule has 11 heavy (non-hydrogen) atoms. The number of rotatable bonds is 0. The minimum Gasteiger partial charge on any atom is -0.412 e. The first-order valence-corrected chi connectivity index (χ1v) is 5.46. The van der Waals surface area contributed by atoms with E-state index < -0.39 is 0 Å². The molecule has 3 heteroatoms. The van der Waals surface area contributed by atoms with Gasteiger partial charge in [-0.1, -0.05) is 24.3 Å². The van der Waals surface area contributed by atoms with Crippen LogP contribution in [0.4, 0.5) is 0 Å². The van der Waals surface area contributed by atoms with Crippen LogP contribution in [0.2, 0.25) is 0 Å². The van der Waals surface area contributed by atoms with Crippen LogP contribution in [0.15, 0.2) is 47.5 Å². The maximum atomic E-state index is 2.15. The van der Waals surface area contributed by atoms with Crippen LogP contribution in [0.1, 0.15) is 0 Å². The molecule has 1 nitrogen and oxygen atoms in total. The van der Waals surface area contributed by atoms with E-state index in [9.17, 15) is 0 Å². The van der Waals surface area contributed by atoms with Gasteiger partial charge in [-0.05, 0) is 23.2 Å². The van der Waals surface area contributed by atoms with Crippen molar-refractivity contribution in [1.29, 1.82) is 0 Å². The Kier molecular flexibility index (Phi) is 7.29. The molecule has 0 atom stereocenters. The third kappa shape index (κ3) is 5.94. The van der Waals surface area contributed by atoms with Crippen LogP contribution < -0.4 is 0 Å². The summed E-state index contributed by atoms with van der Waals surface area (Å²) in [7, 11) is 1.90. The van der Waals surface area contributed by atoms with Gasteiger partial charge in [0.1, 0.15) is 0 Å². The molecule has 60 valence electrons. The fraction of sp³-hybridized carbons (Fsp3) is 0. The maximum Gasteiger partial charge on any atom is -0.0454 e. The lowest BCUT2D eigenvalue weighted by Gasteiger charge is -1.41. The van der Waals surface area contributed by atoms with Crippen molar-refractivity contribution < 1.29 is 5.48 Å². The van der Waals surface area contributed by atoms with Crippen LogP contribution >= 0.6 is 16.4 Å². The standard InChI is InChI=1S/2C4H5P.H2O/c2*1-2-4-5-3-1;/h2*1-5H;1H2. The second-order valence-electron chi connectivity index (χ2n) is 1.77. The van der Waals surface area contributed by atoms with E-state index in [-0.39, 0.29) is 5.48 Å². The molecule has 0 radical (unpaired) electrons. The summed E-state index contributed by atoms with van der Waals surface area (Å²) >= 11 is 0. The SMILES string of the molecule is O.c1cc[pH]c1.c1cc[pH]c1. The molecule has 0 unspecified atom stereocenters. The van der Waals surface area contributed by atoms with E-state index in [1.54, 1.807) is 0 Å². The summed E-state index contributed by atoms with van der Waals surface area (Å²) in [6.07, 6.45) is 0. The molecule has 2 aromatic heterocycles. The smallest absolute Gasteiger partial charge is 0.0454 e. The molecule has 2 rings (SSSR count). The summed E-state index contributed by atoms with van der Waals surface area (Å²) in [5, 5.41) is 0. The second kappa shape index (κ2) is 7.63. The summed E-state index contributed by atoms with van der Waals surface area (Å²) < 4.78 is 0. The molecule has 0 saturated carbocycles. The van der Waals surface area contributed by atoms with E-state index in [1.807, 2.05) is 0 Å². The van der Waals surface area contributed by atoms with Crippen LogP contribution in [0.3, 0.4) is 0 Å². The van der Waals surface area contributed by atoms with Gasteiger partial charge in [0.15, 0.2) is 0 Å². The molecular formula is C8H12OP2. The first kappa shape index (κ1) is 10.5. The van der Waals surface area contributed by atoms with Gasteiger partial charge < -0.3 is 5.48 Å². The van der Waals surface area contributed by atoms with E-state index in [0.717, 1.165) is 16.4 Å². The Morgan fingerprint density at radius 3 is 0.909 bits per heavy atom. The quantitative estimate of drug-likeness (QED) is 0.605. The highest BCUT2D eigenvalue weighted by atomic mass is 31.0. The zero-order valence-corrected chi connectivity index (χ0v) is 8.12. The van der Waals surface area contributed by atoms with Gasteiger partial charge in [0.2, 0.25) is 0 Å². The molecule has 0 fully saturated rings. The third-order valence-electron chi connectivity index (χ3n) is 0.992. The summed E-state index contributed by atoms with van der Waals surface area (Å²) in [5.74, 6) is 8.61. The molecule has 0 aliphatic rings. The lowest BCUT2D eigenvalue weighted by Crippen LogP contribution is -1.16. The van der Waals surface area contributed by atoms with Crippen molar-refractivity contribution in [2.75, 3.05) is 0 Å². The predicted octanol–water partition coefficient (Wildman–Crippen LogP) is 2.61. The van der Waals surface area contributed by atoms with Crippen molar-refractivity contribution in [3.8, 4) is 0 Å². The molecule has 0 saturated heterocycles. The Morgan fingerprint density at radius 1 is 0.545 bits per heavy atom. The average Bonchev–Trinajstić information content (AvgIpc) is 2.67. The number of hydrogen-bond acceptors (Lipinski definition) is 0. The van der Waals surface area contributed by atoms with Crippen LogP contribution in [-0.4, -0.2) is 5.48 Å². The molecule has 2 N–H and O–H groups in total. The van der Waals surface area contributed by atoms with Gasteiger partial charge in [0, 0.05) is 0 Å². The topological polar surface area (TPSA) is 31.5 Å². The molecule has 0 aliphatic carbocycles. The Hall–Kier alpha value is -0.480. The molecule has 0 spiro atoms. The molecule has 0 bridgehead atoms. The van der Waals surface area contributed by atoms with Gasteiger partial charge in [-0.2, -0.15) is 0 Å². The molecule has 2 heterocycles. The summed E-state index contributed by atoms with van der Waals surface area (Å²) in [5.41, 5.74) is 0. The first-order valence-electron chi connectivity index (χ1n) is 3.15. The summed E-state index contributed by atoms with van der Waals surface area (Å²) in [4.78, 5) is 0. The van der Waals surface area contributed by atoms with Gasteiger partial charge in [0.05, 0.1) is 0 Å². The lowest BCUT2D eigenvalue weighted by atomic mass is 10.7. The molecule has 0 aromatic carbocycles. The fourth-order valence-electron chi connectivity index (χ4n) is 0.556. The highest BCUT2D eigenvalue weighted by molar-refractivity contribution is 7.28. The van der Waals surface area contributed by atoms with Crippen LogP contribution in [-0.2, 0) is 0 Å². The highest BCUT2D eigenvalue weighted by Crippen LogP contribution is 2.00. The van der Waals surface area contributed by atoms with E-state index in [0.29, 0.717) is 0 Å². The van der Waals surface area contributed by atoms with Crippen molar-refractivity contribution in [1.82, 2.24) is 0 Å². The van der Waals surface area contributed by atoms with E-state index in [4.69, 9.17) is 0 Å². The predicted molar refractivity (Wildman–Crippen MR) is 55.5 cm³/mol. The van der Waals surface area contributed by atoms with Crippen LogP contribution in [0.5, 0.6) is 0 Å². The number of hydrogen-bond donors (Lipinski definition) is 0. The zero-order chi connectivity index (χ0) is 7.07. The lowest BCUT2D eigenvalue weighted by molar-refractivity contribution is 0.824. The van der Waals surface area contributed by atoms with Gasteiger partial charge in [-0.3, -0.25) is 0 Å². The Bertz CT molecular complexity index is 151. The second-order valence-corrected chi connectivity index (χ2v) is 3.77. The van der Waals surface area contributed by atoms with Gasteiger partial charge >= 0.3 is 0 Å². The molecule has 0 aliphatic heterocycles. The Balaban J connectivity index is 0.000000167. The fourth-order valence-corrected chi connectivity index (χ4v) is 1.67. The largest absolute Gasteiger partial charge is 0.412 e. The normalized spacial score (nSPS) is 7.27. The zero-order valence-electron chi connectivity index (χ0n) is 6.12. The Morgan fingerprint density at radius 2 is 0.818 bits per heavy atom. The molecule has 2 aromatic rings. The summed E-state index contributed by atoms with van der Waals surface area (Å²) in [6, 6.07) is 8.27. The first-order chi connectivity index (χ1) is 5.00. The summed E-state index contributed by atoms with van der Waals surface area (Å²) in [6.45, 7) is 0. The monoisotopic (exact) mass is 186 g/mol. The molecular weight excluding hydrogens is 174 g/mol. The maximum absolute atomic E-state index is 2.15. The van der Waals surface area contributed by atoms with E-state index in [2.05, 4.69) is 47.5 Å².